The Balaban J connectivity index is 1.54. The van der Waals surface area contributed by atoms with Crippen LogP contribution in [0, 0.1) is 0 Å². The van der Waals surface area contributed by atoms with E-state index < -0.39 is 12.3 Å². The fraction of sp³-hybridized carbons (Fsp3) is 0.391. The van der Waals surface area contributed by atoms with Crippen molar-refractivity contribution >= 4 is 11.8 Å². The molecule has 7 nitrogen and oxygen atoms in total. The van der Waals surface area contributed by atoms with E-state index in [0.29, 0.717) is 38.0 Å². The Morgan fingerprint density at radius 1 is 1.09 bits per heavy atom. The molecule has 1 heterocycles. The lowest BCUT2D eigenvalue weighted by atomic mass is 10.0. The third-order valence-electron chi connectivity index (χ3n) is 5.12. The Bertz CT molecular complexity index is 975. The van der Waals surface area contributed by atoms with Crippen molar-refractivity contribution in [1.82, 2.24) is 9.80 Å². The number of halogens is 3. The van der Waals surface area contributed by atoms with E-state index in [2.05, 4.69) is 4.74 Å². The molecular formula is C23H26F3N3O4. The topological polar surface area (TPSA) is 85.1 Å². The average Bonchev–Trinajstić information content (AvgIpc) is 2.72. The van der Waals surface area contributed by atoms with E-state index in [0.717, 1.165) is 5.56 Å². The van der Waals surface area contributed by atoms with Crippen LogP contribution < -0.4 is 15.2 Å². The van der Waals surface area contributed by atoms with Crippen molar-refractivity contribution in [1.29, 1.82) is 0 Å². The molecule has 0 spiro atoms. The van der Waals surface area contributed by atoms with Gasteiger partial charge >= 0.3 is 6.36 Å². The molecule has 2 aromatic carbocycles. The van der Waals surface area contributed by atoms with Crippen LogP contribution in [0.2, 0.25) is 0 Å². The van der Waals surface area contributed by atoms with Crippen molar-refractivity contribution in [3.63, 3.8) is 0 Å². The summed E-state index contributed by atoms with van der Waals surface area (Å²) in [4.78, 5) is 27.5. The van der Waals surface area contributed by atoms with Gasteiger partial charge in [-0.25, -0.2) is 0 Å². The summed E-state index contributed by atoms with van der Waals surface area (Å²) in [7, 11) is 1.77. The highest BCUT2D eigenvalue weighted by molar-refractivity contribution is 5.94. The number of benzene rings is 2. The fourth-order valence-corrected chi connectivity index (χ4v) is 3.73. The van der Waals surface area contributed by atoms with Crippen LogP contribution in [-0.2, 0) is 11.3 Å². The Hall–Kier alpha value is -3.27. The van der Waals surface area contributed by atoms with E-state index in [9.17, 15) is 22.8 Å². The Labute approximate surface area is 189 Å². The van der Waals surface area contributed by atoms with Gasteiger partial charge in [-0.2, -0.15) is 0 Å². The molecule has 0 atom stereocenters. The smallest absolute Gasteiger partial charge is 0.490 e. The van der Waals surface area contributed by atoms with Crippen LogP contribution in [0.4, 0.5) is 13.2 Å². The number of piperidine rings is 1. The Kier molecular flexibility index (Phi) is 7.80. The zero-order chi connectivity index (χ0) is 24.0. The number of nitrogens with two attached hydrogens (primary N) is 1. The molecule has 0 bridgehead atoms. The number of carbonyl (C=O) groups excluding carboxylic acids is 2. The zero-order valence-corrected chi connectivity index (χ0v) is 18.2. The maximum Gasteiger partial charge on any atom is 0.573 e. The molecule has 10 heteroatoms. The van der Waals surface area contributed by atoms with Crippen molar-refractivity contribution < 1.29 is 32.2 Å². The van der Waals surface area contributed by atoms with Gasteiger partial charge in [0.2, 0.25) is 5.91 Å². The number of alkyl halides is 3. The molecule has 0 saturated carbocycles. The maximum atomic E-state index is 12.9. The number of primary amides is 1. The molecule has 0 radical (unpaired) electrons. The second-order valence-corrected chi connectivity index (χ2v) is 7.97. The molecule has 2 amide bonds. The van der Waals surface area contributed by atoms with Gasteiger partial charge < -0.3 is 20.1 Å². The molecule has 2 N–H and O–H groups in total. The molecule has 1 fully saturated rings. The lowest BCUT2D eigenvalue weighted by molar-refractivity contribution is -0.274. The highest BCUT2D eigenvalue weighted by atomic mass is 19.4. The van der Waals surface area contributed by atoms with Gasteiger partial charge in [-0.15, -0.1) is 13.2 Å². The Morgan fingerprint density at radius 2 is 1.76 bits per heavy atom. The molecule has 0 aliphatic carbocycles. The summed E-state index contributed by atoms with van der Waals surface area (Å²) in [6.45, 7) is 1.54. The third kappa shape index (κ3) is 7.67. The summed E-state index contributed by atoms with van der Waals surface area (Å²) in [5.74, 6) is -0.578. The number of hydrogen-bond donors (Lipinski definition) is 1. The summed E-state index contributed by atoms with van der Waals surface area (Å²) in [5, 5.41) is 0. The lowest BCUT2D eigenvalue weighted by Gasteiger charge is -2.32. The SMILES string of the molecule is CN(CC(N)=O)Cc1cccc(C(=O)N2CCC(Oc3cccc(OC(F)(F)F)c3)CC2)c1. The van der Waals surface area contributed by atoms with Crippen molar-refractivity contribution in [2.24, 2.45) is 5.73 Å². The minimum absolute atomic E-state index is 0.103. The van der Waals surface area contributed by atoms with Crippen molar-refractivity contribution in [3.05, 3.63) is 59.7 Å². The van der Waals surface area contributed by atoms with Gasteiger partial charge in [0, 0.05) is 44.1 Å². The third-order valence-corrected chi connectivity index (χ3v) is 5.12. The number of likely N-dealkylation sites (N-methyl/N-ethyl adjacent to an activating group) is 1. The van der Waals surface area contributed by atoms with Gasteiger partial charge in [0.15, 0.2) is 0 Å². The van der Waals surface area contributed by atoms with Crippen LogP contribution in [-0.4, -0.2) is 60.8 Å². The summed E-state index contributed by atoms with van der Waals surface area (Å²) in [6, 6.07) is 12.6. The van der Waals surface area contributed by atoms with Crippen LogP contribution in [0.5, 0.6) is 11.5 Å². The van der Waals surface area contributed by atoms with Crippen LogP contribution >= 0.6 is 0 Å². The lowest BCUT2D eigenvalue weighted by Crippen LogP contribution is -2.41. The first kappa shape index (κ1) is 24.4. The highest BCUT2D eigenvalue weighted by Gasteiger charge is 2.31. The summed E-state index contributed by atoms with van der Waals surface area (Å²) in [5.41, 5.74) is 6.66. The van der Waals surface area contributed by atoms with Crippen LogP contribution in [0.25, 0.3) is 0 Å². The van der Waals surface area contributed by atoms with Crippen molar-refractivity contribution in [3.8, 4) is 11.5 Å². The van der Waals surface area contributed by atoms with Gasteiger partial charge in [0.1, 0.15) is 17.6 Å². The van der Waals surface area contributed by atoms with E-state index in [1.165, 1.54) is 18.2 Å². The minimum atomic E-state index is -4.76. The molecule has 2 aromatic rings. The van der Waals surface area contributed by atoms with Crippen molar-refractivity contribution in [2.45, 2.75) is 31.9 Å². The molecule has 0 unspecified atom stereocenters. The van der Waals surface area contributed by atoms with Gasteiger partial charge in [-0.1, -0.05) is 18.2 Å². The van der Waals surface area contributed by atoms with Crippen molar-refractivity contribution in [2.75, 3.05) is 26.7 Å². The summed E-state index contributed by atoms with van der Waals surface area (Å²) in [6.07, 6.45) is -3.88. The van der Waals surface area contributed by atoms with E-state index in [-0.39, 0.29) is 30.1 Å². The number of rotatable bonds is 8. The first-order valence-electron chi connectivity index (χ1n) is 10.5. The predicted octanol–water partition coefficient (Wildman–Crippen LogP) is 3.19. The first-order chi connectivity index (χ1) is 15.6. The van der Waals surface area contributed by atoms with E-state index in [1.807, 2.05) is 6.07 Å². The largest absolute Gasteiger partial charge is 0.573 e. The average molecular weight is 465 g/mol. The molecular weight excluding hydrogens is 439 g/mol. The van der Waals surface area contributed by atoms with E-state index >= 15 is 0 Å². The standard InChI is InChI=1S/C23H26F3N3O4/c1-28(15-21(27)30)14-16-4-2-5-17(12-16)22(31)29-10-8-18(9-11-29)32-19-6-3-7-20(13-19)33-23(24,25)26/h2-7,12-13,18H,8-11,14-15H2,1H3,(H2,27,30). The maximum absolute atomic E-state index is 12.9. The second-order valence-electron chi connectivity index (χ2n) is 7.97. The number of likely N-dealkylation sites (tertiary alicyclic amines) is 1. The summed E-state index contributed by atoms with van der Waals surface area (Å²) >= 11 is 0. The van der Waals surface area contributed by atoms with Crippen LogP contribution in [0.15, 0.2) is 48.5 Å². The first-order valence-corrected chi connectivity index (χ1v) is 10.5. The fourth-order valence-electron chi connectivity index (χ4n) is 3.73. The molecule has 33 heavy (non-hydrogen) atoms. The molecule has 178 valence electrons. The van der Waals surface area contributed by atoms with Gasteiger partial charge in [-0.3, -0.25) is 14.5 Å². The van der Waals surface area contributed by atoms with E-state index in [1.54, 1.807) is 41.1 Å². The highest BCUT2D eigenvalue weighted by Crippen LogP contribution is 2.28. The predicted molar refractivity (Wildman–Crippen MR) is 115 cm³/mol. The van der Waals surface area contributed by atoms with Gasteiger partial charge in [0.25, 0.3) is 5.91 Å². The summed E-state index contributed by atoms with van der Waals surface area (Å²) < 4.78 is 47.0. The molecule has 1 saturated heterocycles. The van der Waals surface area contributed by atoms with Crippen LogP contribution in [0.3, 0.4) is 0 Å². The number of amides is 2. The monoisotopic (exact) mass is 465 g/mol. The number of carbonyl (C=O) groups is 2. The molecule has 1 aliphatic rings. The van der Waals surface area contributed by atoms with Crippen LogP contribution in [0.1, 0.15) is 28.8 Å². The Morgan fingerprint density at radius 3 is 2.42 bits per heavy atom. The quantitative estimate of drug-likeness (QED) is 0.647. The molecule has 0 aromatic heterocycles. The second kappa shape index (κ2) is 10.6. The number of ether oxygens (including phenoxy) is 2. The molecule has 3 rings (SSSR count). The zero-order valence-electron chi connectivity index (χ0n) is 18.2. The van der Waals surface area contributed by atoms with Gasteiger partial charge in [-0.05, 0) is 36.9 Å². The number of nitrogens with zero attached hydrogens (tertiary/aromatic N) is 2. The normalized spacial score (nSPS) is 14.9. The number of hydrogen-bond acceptors (Lipinski definition) is 5. The minimum Gasteiger partial charge on any atom is -0.490 e. The van der Waals surface area contributed by atoms with Gasteiger partial charge in [0.05, 0.1) is 6.54 Å². The van der Waals surface area contributed by atoms with E-state index in [4.69, 9.17) is 10.5 Å². The molecule has 1 aliphatic heterocycles.